The van der Waals surface area contributed by atoms with Gasteiger partial charge in [-0.2, -0.15) is 0 Å². The summed E-state index contributed by atoms with van der Waals surface area (Å²) in [6.07, 6.45) is 0.651. The Morgan fingerprint density at radius 3 is 2.38 bits per heavy atom. The summed E-state index contributed by atoms with van der Waals surface area (Å²) in [6.45, 7) is 1.91. The molecule has 0 fully saturated rings. The van der Waals surface area contributed by atoms with Gasteiger partial charge in [0.05, 0.1) is 11.0 Å². The maximum Gasteiger partial charge on any atom is 0.296 e. The molecule has 0 saturated heterocycles. The van der Waals surface area contributed by atoms with E-state index in [-0.39, 0.29) is 23.2 Å². The highest BCUT2D eigenvalue weighted by Crippen LogP contribution is 2.29. The summed E-state index contributed by atoms with van der Waals surface area (Å²) in [5.74, 6) is 0.0620. The Bertz CT molecular complexity index is 641. The van der Waals surface area contributed by atoms with Crippen molar-refractivity contribution in [3.05, 3.63) is 58.1 Å². The number of benzene rings is 2. The summed E-state index contributed by atoms with van der Waals surface area (Å²) in [5.41, 5.74) is 1.21. The number of nitrogens with zero attached hydrogens (tertiary/aromatic N) is 1. The van der Waals surface area contributed by atoms with Gasteiger partial charge in [-0.05, 0) is 43.2 Å². The number of hydrogen-bond acceptors (Lipinski definition) is 5. The van der Waals surface area contributed by atoms with Gasteiger partial charge in [0.1, 0.15) is 17.2 Å². The van der Waals surface area contributed by atoms with E-state index in [0.717, 1.165) is 11.6 Å². The van der Waals surface area contributed by atoms with Crippen LogP contribution in [-0.2, 0) is 6.42 Å². The Balaban J connectivity index is 2.10. The summed E-state index contributed by atoms with van der Waals surface area (Å²) < 4.78 is 0. The molecule has 0 saturated carbocycles. The number of rotatable bonds is 5. The van der Waals surface area contributed by atoms with Crippen molar-refractivity contribution in [2.75, 3.05) is 5.32 Å². The fourth-order valence-corrected chi connectivity index (χ4v) is 2.10. The van der Waals surface area contributed by atoms with E-state index in [0.29, 0.717) is 12.1 Å². The second-order valence-corrected chi connectivity index (χ2v) is 4.87. The molecule has 6 nitrogen and oxygen atoms in total. The summed E-state index contributed by atoms with van der Waals surface area (Å²) in [6, 6.07) is 10.8. The van der Waals surface area contributed by atoms with Crippen LogP contribution in [0.15, 0.2) is 42.5 Å². The molecular formula is C15H16N2O4. The molecule has 3 N–H and O–H groups in total. The van der Waals surface area contributed by atoms with E-state index in [9.17, 15) is 20.3 Å². The van der Waals surface area contributed by atoms with Crippen LogP contribution in [-0.4, -0.2) is 21.2 Å². The first-order valence-electron chi connectivity index (χ1n) is 6.47. The number of nitrogens with one attached hydrogen (secondary N) is 1. The molecule has 0 amide bonds. The van der Waals surface area contributed by atoms with Crippen LogP contribution in [0.2, 0.25) is 0 Å². The highest BCUT2D eigenvalue weighted by molar-refractivity contribution is 5.64. The predicted molar refractivity (Wildman–Crippen MR) is 79.7 cm³/mol. The van der Waals surface area contributed by atoms with Crippen LogP contribution in [0.4, 0.5) is 11.4 Å². The highest BCUT2D eigenvalue weighted by atomic mass is 16.6. The van der Waals surface area contributed by atoms with Gasteiger partial charge in [-0.1, -0.05) is 12.1 Å². The van der Waals surface area contributed by atoms with Gasteiger partial charge in [0.2, 0.25) is 0 Å². The Labute approximate surface area is 121 Å². The normalized spacial score (nSPS) is 11.9. The molecule has 2 rings (SSSR count). The molecule has 0 radical (unpaired) electrons. The van der Waals surface area contributed by atoms with Crippen LogP contribution in [0.3, 0.4) is 0 Å². The summed E-state index contributed by atoms with van der Waals surface area (Å²) >= 11 is 0. The van der Waals surface area contributed by atoms with Crippen molar-refractivity contribution in [2.24, 2.45) is 0 Å². The Morgan fingerprint density at radius 1 is 1.14 bits per heavy atom. The maximum atomic E-state index is 11.0. The minimum Gasteiger partial charge on any atom is -0.508 e. The molecule has 0 aromatic heterocycles. The molecule has 1 unspecified atom stereocenters. The lowest BCUT2D eigenvalue weighted by Gasteiger charge is -2.15. The molecule has 0 aliphatic heterocycles. The average molecular weight is 288 g/mol. The lowest BCUT2D eigenvalue weighted by Crippen LogP contribution is -2.18. The topological polar surface area (TPSA) is 95.6 Å². The van der Waals surface area contributed by atoms with Crippen LogP contribution in [0, 0.1) is 10.1 Å². The zero-order valence-electron chi connectivity index (χ0n) is 11.5. The van der Waals surface area contributed by atoms with Crippen LogP contribution in [0.5, 0.6) is 11.5 Å². The number of phenolic OH excluding ortho intramolecular Hbond substituents is 2. The zero-order chi connectivity index (χ0) is 15.4. The van der Waals surface area contributed by atoms with Crippen molar-refractivity contribution in [1.82, 2.24) is 0 Å². The minimum atomic E-state index is -0.532. The average Bonchev–Trinajstić information content (AvgIpc) is 2.43. The first kappa shape index (κ1) is 14.6. The third-order valence-corrected chi connectivity index (χ3v) is 3.06. The number of hydrogen-bond donors (Lipinski definition) is 3. The molecule has 6 heteroatoms. The van der Waals surface area contributed by atoms with Crippen molar-refractivity contribution in [1.29, 1.82) is 0 Å². The van der Waals surface area contributed by atoms with E-state index in [1.165, 1.54) is 12.1 Å². The molecule has 0 aliphatic rings. The minimum absolute atomic E-state index is 0.0437. The fraction of sp³-hybridized carbons (Fsp3) is 0.200. The van der Waals surface area contributed by atoms with Crippen LogP contribution < -0.4 is 5.32 Å². The monoisotopic (exact) mass is 288 g/mol. The van der Waals surface area contributed by atoms with Crippen LogP contribution in [0.1, 0.15) is 12.5 Å². The van der Waals surface area contributed by atoms with Crippen molar-refractivity contribution < 1.29 is 15.1 Å². The Morgan fingerprint density at radius 2 is 1.76 bits per heavy atom. The summed E-state index contributed by atoms with van der Waals surface area (Å²) in [4.78, 5) is 10.4. The van der Waals surface area contributed by atoms with E-state index in [4.69, 9.17) is 0 Å². The number of aromatic hydroxyl groups is 2. The van der Waals surface area contributed by atoms with Crippen molar-refractivity contribution in [3.63, 3.8) is 0 Å². The smallest absolute Gasteiger partial charge is 0.296 e. The highest BCUT2D eigenvalue weighted by Gasteiger charge is 2.16. The lowest BCUT2D eigenvalue weighted by atomic mass is 10.1. The van der Waals surface area contributed by atoms with Gasteiger partial charge in [0.15, 0.2) is 0 Å². The van der Waals surface area contributed by atoms with Crippen LogP contribution >= 0.6 is 0 Å². The van der Waals surface area contributed by atoms with Crippen molar-refractivity contribution >= 4 is 11.4 Å². The van der Waals surface area contributed by atoms with Gasteiger partial charge >= 0.3 is 0 Å². The third-order valence-electron chi connectivity index (χ3n) is 3.06. The Kier molecular flexibility index (Phi) is 4.27. The SMILES string of the molecule is CC(Cc1ccc(O)cc1)Nc1ccc(O)cc1[N+](=O)[O-]. The Hall–Kier alpha value is -2.76. The molecule has 0 spiro atoms. The first-order chi connectivity index (χ1) is 9.95. The molecule has 21 heavy (non-hydrogen) atoms. The molecule has 2 aromatic carbocycles. The number of nitro groups is 1. The molecule has 110 valence electrons. The van der Waals surface area contributed by atoms with Gasteiger partial charge in [0.25, 0.3) is 5.69 Å². The number of nitro benzene ring substituents is 1. The molecule has 2 aromatic rings. The van der Waals surface area contributed by atoms with E-state index < -0.39 is 4.92 Å². The second kappa shape index (κ2) is 6.13. The summed E-state index contributed by atoms with van der Waals surface area (Å²) in [7, 11) is 0. The lowest BCUT2D eigenvalue weighted by molar-refractivity contribution is -0.384. The van der Waals surface area contributed by atoms with E-state index in [1.54, 1.807) is 24.3 Å². The largest absolute Gasteiger partial charge is 0.508 e. The van der Waals surface area contributed by atoms with E-state index in [1.807, 2.05) is 6.92 Å². The fourth-order valence-electron chi connectivity index (χ4n) is 2.10. The predicted octanol–water partition coefficient (Wildman–Crippen LogP) is 3.05. The quantitative estimate of drug-likeness (QED) is 0.446. The standard InChI is InChI=1S/C15H16N2O4/c1-10(8-11-2-4-12(18)5-3-11)16-14-7-6-13(19)9-15(14)17(20)21/h2-7,9-10,16,18-19H,8H2,1H3. The van der Waals surface area contributed by atoms with Gasteiger partial charge in [-0.25, -0.2) is 0 Å². The zero-order valence-corrected chi connectivity index (χ0v) is 11.5. The maximum absolute atomic E-state index is 11.0. The molecule has 0 aliphatic carbocycles. The molecule has 1 atom stereocenters. The first-order valence-corrected chi connectivity index (χ1v) is 6.47. The van der Waals surface area contributed by atoms with Gasteiger partial charge < -0.3 is 15.5 Å². The number of phenols is 2. The van der Waals surface area contributed by atoms with Crippen LogP contribution in [0.25, 0.3) is 0 Å². The summed E-state index contributed by atoms with van der Waals surface area (Å²) in [5, 5.41) is 32.6. The van der Waals surface area contributed by atoms with E-state index >= 15 is 0 Å². The molecule has 0 heterocycles. The number of anilines is 1. The van der Waals surface area contributed by atoms with E-state index in [2.05, 4.69) is 5.32 Å². The second-order valence-electron chi connectivity index (χ2n) is 4.87. The van der Waals surface area contributed by atoms with Gasteiger partial charge in [-0.3, -0.25) is 10.1 Å². The van der Waals surface area contributed by atoms with Gasteiger partial charge in [-0.15, -0.1) is 0 Å². The molecular weight excluding hydrogens is 272 g/mol. The molecule has 0 bridgehead atoms. The van der Waals surface area contributed by atoms with Crippen molar-refractivity contribution in [3.8, 4) is 11.5 Å². The van der Waals surface area contributed by atoms with Gasteiger partial charge in [0, 0.05) is 6.04 Å². The third kappa shape index (κ3) is 3.85. The van der Waals surface area contributed by atoms with Crippen molar-refractivity contribution in [2.45, 2.75) is 19.4 Å².